The van der Waals surface area contributed by atoms with Crippen molar-refractivity contribution in [2.24, 2.45) is 10.9 Å². The Morgan fingerprint density at radius 1 is 1.26 bits per heavy atom. The first-order chi connectivity index (χ1) is 13.3. The molecule has 3 heterocycles. The molecule has 0 bridgehead atoms. The first kappa shape index (κ1) is 19.9. The average Bonchev–Trinajstić information content (AvgIpc) is 2.99. The minimum absolute atomic E-state index is 0.610. The van der Waals surface area contributed by atoms with E-state index in [0.29, 0.717) is 5.92 Å². The number of aromatic nitrogens is 1. The van der Waals surface area contributed by atoms with Crippen LogP contribution in [0, 0.1) is 5.92 Å². The van der Waals surface area contributed by atoms with E-state index in [1.165, 1.54) is 37.7 Å². The van der Waals surface area contributed by atoms with Crippen LogP contribution < -0.4 is 10.2 Å². The van der Waals surface area contributed by atoms with Crippen LogP contribution in [0.5, 0.6) is 0 Å². The van der Waals surface area contributed by atoms with Crippen LogP contribution in [-0.4, -0.2) is 62.3 Å². The molecule has 1 N–H and O–H groups in total. The van der Waals surface area contributed by atoms with E-state index in [1.807, 2.05) is 13.2 Å². The van der Waals surface area contributed by atoms with E-state index in [2.05, 4.69) is 44.1 Å². The van der Waals surface area contributed by atoms with Crippen LogP contribution in [0.2, 0.25) is 0 Å². The summed E-state index contributed by atoms with van der Waals surface area (Å²) < 4.78 is 5.59. The molecule has 1 aromatic heterocycles. The topological polar surface area (TPSA) is 53.0 Å². The monoisotopic (exact) mass is 373 g/mol. The highest BCUT2D eigenvalue weighted by molar-refractivity contribution is 5.80. The molecule has 0 aromatic carbocycles. The standard InChI is InChI=1S/C21H35N5O/c1-3-27-17-19-9-13-26(16-19)21(22-2)24-15-18-8-10-23-20(14-18)25-11-6-4-5-7-12-25/h8,10,14,19H,3-7,9,11-13,15-17H2,1-2H3,(H,22,24). The maximum absolute atomic E-state index is 5.59. The van der Waals surface area contributed by atoms with Crippen LogP contribution >= 0.6 is 0 Å². The SMILES string of the molecule is CCOCC1CCN(C(=NC)NCc2ccnc(N3CCCCCC3)c2)C1. The number of hydrogen-bond acceptors (Lipinski definition) is 4. The predicted octanol–water partition coefficient (Wildman–Crippen LogP) is 2.90. The summed E-state index contributed by atoms with van der Waals surface area (Å²) in [5.41, 5.74) is 1.26. The molecule has 1 aromatic rings. The zero-order valence-corrected chi connectivity index (χ0v) is 17.0. The third-order valence-electron chi connectivity index (χ3n) is 5.55. The van der Waals surface area contributed by atoms with Crippen LogP contribution in [0.1, 0.15) is 44.6 Å². The Morgan fingerprint density at radius 2 is 2.07 bits per heavy atom. The van der Waals surface area contributed by atoms with Gasteiger partial charge in [0.15, 0.2) is 5.96 Å². The number of rotatable bonds is 6. The molecule has 2 fully saturated rings. The Bertz CT molecular complexity index is 598. The van der Waals surface area contributed by atoms with Crippen LogP contribution in [0.4, 0.5) is 5.82 Å². The lowest BCUT2D eigenvalue weighted by Gasteiger charge is -2.23. The molecule has 3 rings (SSSR count). The number of nitrogens with one attached hydrogen (secondary N) is 1. The van der Waals surface area contributed by atoms with E-state index in [9.17, 15) is 0 Å². The number of aliphatic imine (C=N–C) groups is 1. The molecule has 2 aliphatic rings. The van der Waals surface area contributed by atoms with Gasteiger partial charge < -0.3 is 19.9 Å². The first-order valence-electron chi connectivity index (χ1n) is 10.5. The molecule has 6 heteroatoms. The molecule has 6 nitrogen and oxygen atoms in total. The minimum Gasteiger partial charge on any atom is -0.381 e. The Hall–Kier alpha value is -1.82. The van der Waals surface area contributed by atoms with Gasteiger partial charge in [0.05, 0.1) is 6.61 Å². The highest BCUT2D eigenvalue weighted by Gasteiger charge is 2.24. The van der Waals surface area contributed by atoms with Gasteiger partial charge in [-0.05, 0) is 43.9 Å². The normalized spacial score (nSPS) is 21.4. The largest absolute Gasteiger partial charge is 0.381 e. The highest BCUT2D eigenvalue weighted by atomic mass is 16.5. The van der Waals surface area contributed by atoms with Crippen LogP contribution in [0.25, 0.3) is 0 Å². The quantitative estimate of drug-likeness (QED) is 0.614. The molecule has 0 radical (unpaired) electrons. The van der Waals surface area contributed by atoms with Crippen LogP contribution in [-0.2, 0) is 11.3 Å². The zero-order valence-electron chi connectivity index (χ0n) is 17.0. The summed E-state index contributed by atoms with van der Waals surface area (Å²) in [5, 5.41) is 3.54. The lowest BCUT2D eigenvalue weighted by atomic mass is 10.1. The van der Waals surface area contributed by atoms with Gasteiger partial charge in [-0.25, -0.2) is 4.98 Å². The highest BCUT2D eigenvalue weighted by Crippen LogP contribution is 2.19. The van der Waals surface area contributed by atoms with Crippen molar-refractivity contribution in [1.82, 2.24) is 15.2 Å². The summed E-state index contributed by atoms with van der Waals surface area (Å²) in [5.74, 6) is 2.71. The maximum Gasteiger partial charge on any atom is 0.193 e. The predicted molar refractivity (Wildman–Crippen MR) is 111 cm³/mol. The molecule has 0 spiro atoms. The van der Waals surface area contributed by atoms with Crippen molar-refractivity contribution < 1.29 is 4.74 Å². The van der Waals surface area contributed by atoms with Crippen molar-refractivity contribution in [3.63, 3.8) is 0 Å². The van der Waals surface area contributed by atoms with Crippen LogP contribution in [0.3, 0.4) is 0 Å². The summed E-state index contributed by atoms with van der Waals surface area (Å²) in [6, 6.07) is 4.33. The molecule has 0 aliphatic carbocycles. The molecular weight excluding hydrogens is 338 g/mol. The van der Waals surface area contributed by atoms with E-state index < -0.39 is 0 Å². The van der Waals surface area contributed by atoms with E-state index in [-0.39, 0.29) is 0 Å². The van der Waals surface area contributed by atoms with E-state index in [4.69, 9.17) is 4.74 Å². The average molecular weight is 374 g/mol. The smallest absolute Gasteiger partial charge is 0.193 e. The van der Waals surface area contributed by atoms with Crippen molar-refractivity contribution >= 4 is 11.8 Å². The second-order valence-electron chi connectivity index (χ2n) is 7.58. The van der Waals surface area contributed by atoms with Crippen molar-refractivity contribution in [2.45, 2.75) is 45.6 Å². The van der Waals surface area contributed by atoms with E-state index in [1.54, 1.807) is 0 Å². The Morgan fingerprint density at radius 3 is 2.81 bits per heavy atom. The third kappa shape index (κ3) is 5.83. The second-order valence-corrected chi connectivity index (χ2v) is 7.58. The van der Waals surface area contributed by atoms with Gasteiger partial charge in [0.2, 0.25) is 0 Å². The van der Waals surface area contributed by atoms with Gasteiger partial charge in [-0.1, -0.05) is 12.8 Å². The fraction of sp³-hybridized carbons (Fsp3) is 0.714. The van der Waals surface area contributed by atoms with E-state index in [0.717, 1.165) is 57.7 Å². The number of nitrogens with zero attached hydrogens (tertiary/aromatic N) is 4. The van der Waals surface area contributed by atoms with E-state index >= 15 is 0 Å². The van der Waals surface area contributed by atoms with Crippen LogP contribution in [0.15, 0.2) is 23.3 Å². The van der Waals surface area contributed by atoms with Crippen molar-refractivity contribution in [2.75, 3.05) is 51.3 Å². The molecule has 0 amide bonds. The van der Waals surface area contributed by atoms with Gasteiger partial charge in [-0.3, -0.25) is 4.99 Å². The van der Waals surface area contributed by atoms with Gasteiger partial charge in [0.25, 0.3) is 0 Å². The summed E-state index contributed by atoms with van der Waals surface area (Å²) in [7, 11) is 1.87. The number of likely N-dealkylation sites (tertiary alicyclic amines) is 1. The van der Waals surface area contributed by atoms with Crippen molar-refractivity contribution in [1.29, 1.82) is 0 Å². The summed E-state index contributed by atoms with van der Waals surface area (Å²) in [4.78, 5) is 13.9. The number of hydrogen-bond donors (Lipinski definition) is 1. The Balaban J connectivity index is 1.53. The molecule has 1 atom stereocenters. The summed E-state index contributed by atoms with van der Waals surface area (Å²) >= 11 is 0. The summed E-state index contributed by atoms with van der Waals surface area (Å²) in [6.07, 6.45) is 8.34. The molecular formula is C21H35N5O. The number of anilines is 1. The molecule has 2 aliphatic heterocycles. The molecule has 150 valence electrons. The maximum atomic E-state index is 5.59. The lowest BCUT2D eigenvalue weighted by molar-refractivity contribution is 0.114. The number of pyridine rings is 1. The molecule has 0 saturated carbocycles. The van der Waals surface area contributed by atoms with Gasteiger partial charge >= 0.3 is 0 Å². The Kier molecular flexibility index (Phi) is 7.75. The second kappa shape index (κ2) is 10.5. The lowest BCUT2D eigenvalue weighted by Crippen LogP contribution is -2.39. The third-order valence-corrected chi connectivity index (χ3v) is 5.55. The van der Waals surface area contributed by atoms with Gasteiger partial charge in [0.1, 0.15) is 5.82 Å². The molecule has 1 unspecified atom stereocenters. The Labute approximate surface area is 164 Å². The molecule has 27 heavy (non-hydrogen) atoms. The zero-order chi connectivity index (χ0) is 18.9. The number of ether oxygens (including phenoxy) is 1. The minimum atomic E-state index is 0.610. The number of guanidine groups is 1. The fourth-order valence-electron chi connectivity index (χ4n) is 4.00. The fourth-order valence-corrected chi connectivity index (χ4v) is 4.00. The molecule has 2 saturated heterocycles. The van der Waals surface area contributed by atoms with Crippen molar-refractivity contribution in [3.05, 3.63) is 23.9 Å². The summed E-state index contributed by atoms with van der Waals surface area (Å²) in [6.45, 7) is 8.81. The van der Waals surface area contributed by atoms with Gasteiger partial charge in [0, 0.05) is 58.5 Å². The van der Waals surface area contributed by atoms with Crippen molar-refractivity contribution in [3.8, 4) is 0 Å². The first-order valence-corrected chi connectivity index (χ1v) is 10.5. The van der Waals surface area contributed by atoms with Gasteiger partial charge in [-0.2, -0.15) is 0 Å². The van der Waals surface area contributed by atoms with Gasteiger partial charge in [-0.15, -0.1) is 0 Å².